The summed E-state index contributed by atoms with van der Waals surface area (Å²) in [5.41, 5.74) is 7.64. The van der Waals surface area contributed by atoms with E-state index in [4.69, 9.17) is 10.3 Å². The van der Waals surface area contributed by atoms with E-state index in [0.717, 1.165) is 17.0 Å². The molecule has 0 aliphatic rings. The van der Waals surface area contributed by atoms with Crippen LogP contribution in [0.15, 0.2) is 4.52 Å². The van der Waals surface area contributed by atoms with Crippen LogP contribution in [0.2, 0.25) is 0 Å². The first-order valence-electron chi connectivity index (χ1n) is 6.30. The van der Waals surface area contributed by atoms with Crippen LogP contribution in [0.1, 0.15) is 50.3 Å². The molecule has 0 saturated heterocycles. The number of rotatable bonds is 5. The van der Waals surface area contributed by atoms with Crippen molar-refractivity contribution in [3.05, 3.63) is 17.0 Å². The summed E-state index contributed by atoms with van der Waals surface area (Å²) in [4.78, 5) is 11.8. The highest BCUT2D eigenvalue weighted by atomic mass is 16.5. The molecule has 2 unspecified atom stereocenters. The zero-order valence-electron chi connectivity index (χ0n) is 11.8. The van der Waals surface area contributed by atoms with Crippen molar-refractivity contribution in [1.82, 2.24) is 10.5 Å². The average Bonchev–Trinajstić information content (AvgIpc) is 2.57. The molecule has 102 valence electrons. The zero-order chi connectivity index (χ0) is 13.9. The second-order valence-corrected chi connectivity index (χ2v) is 5.14. The number of nitrogens with one attached hydrogen (secondary N) is 1. The van der Waals surface area contributed by atoms with Crippen molar-refractivity contribution in [3.63, 3.8) is 0 Å². The van der Waals surface area contributed by atoms with Gasteiger partial charge in [0.2, 0.25) is 5.91 Å². The molecule has 1 aromatic rings. The first-order chi connectivity index (χ1) is 8.32. The third-order valence-electron chi connectivity index (χ3n) is 3.18. The lowest BCUT2D eigenvalue weighted by molar-refractivity contribution is -0.122. The SMILES string of the molecule is Cc1noc(C)c1C(C)NC(=O)CC(N)C(C)C. The summed E-state index contributed by atoms with van der Waals surface area (Å²) in [7, 11) is 0. The second kappa shape index (κ2) is 6.00. The van der Waals surface area contributed by atoms with Crippen molar-refractivity contribution in [2.45, 2.75) is 53.1 Å². The van der Waals surface area contributed by atoms with Crippen molar-refractivity contribution < 1.29 is 9.32 Å². The van der Waals surface area contributed by atoms with Crippen molar-refractivity contribution >= 4 is 5.91 Å². The molecule has 0 radical (unpaired) electrons. The fraction of sp³-hybridized carbons (Fsp3) is 0.692. The topological polar surface area (TPSA) is 81.2 Å². The quantitative estimate of drug-likeness (QED) is 0.839. The molecule has 0 spiro atoms. The Kier molecular flexibility index (Phi) is 4.90. The van der Waals surface area contributed by atoms with Crippen LogP contribution in [0.4, 0.5) is 0 Å². The Hall–Kier alpha value is -1.36. The van der Waals surface area contributed by atoms with E-state index in [1.807, 2.05) is 34.6 Å². The fourth-order valence-corrected chi connectivity index (χ4v) is 1.93. The van der Waals surface area contributed by atoms with E-state index in [0.29, 0.717) is 12.3 Å². The van der Waals surface area contributed by atoms with E-state index < -0.39 is 0 Å². The largest absolute Gasteiger partial charge is 0.361 e. The van der Waals surface area contributed by atoms with E-state index in [-0.39, 0.29) is 18.0 Å². The second-order valence-electron chi connectivity index (χ2n) is 5.14. The molecule has 0 aliphatic heterocycles. The van der Waals surface area contributed by atoms with Gasteiger partial charge in [0.15, 0.2) is 0 Å². The minimum atomic E-state index is -0.109. The van der Waals surface area contributed by atoms with Gasteiger partial charge in [-0.15, -0.1) is 0 Å². The van der Waals surface area contributed by atoms with Crippen LogP contribution in [0.25, 0.3) is 0 Å². The van der Waals surface area contributed by atoms with Gasteiger partial charge in [-0.1, -0.05) is 19.0 Å². The summed E-state index contributed by atoms with van der Waals surface area (Å²) in [6.45, 7) is 9.66. The van der Waals surface area contributed by atoms with Gasteiger partial charge in [0.25, 0.3) is 0 Å². The van der Waals surface area contributed by atoms with Crippen LogP contribution >= 0.6 is 0 Å². The number of hydrogen-bond acceptors (Lipinski definition) is 4. The van der Waals surface area contributed by atoms with E-state index in [2.05, 4.69) is 10.5 Å². The first kappa shape index (κ1) is 14.7. The summed E-state index contributed by atoms with van der Waals surface area (Å²) in [5.74, 6) is 1.00. The average molecular weight is 253 g/mol. The van der Waals surface area contributed by atoms with E-state index >= 15 is 0 Å². The Bertz CT molecular complexity index is 393. The highest BCUT2D eigenvalue weighted by Crippen LogP contribution is 2.21. The lowest BCUT2D eigenvalue weighted by Gasteiger charge is -2.18. The lowest BCUT2D eigenvalue weighted by atomic mass is 10.0. The minimum Gasteiger partial charge on any atom is -0.361 e. The van der Waals surface area contributed by atoms with Crippen molar-refractivity contribution in [2.24, 2.45) is 11.7 Å². The monoisotopic (exact) mass is 253 g/mol. The summed E-state index contributed by atoms with van der Waals surface area (Å²) >= 11 is 0. The number of amides is 1. The van der Waals surface area contributed by atoms with Gasteiger partial charge < -0.3 is 15.6 Å². The molecule has 0 fully saturated rings. The van der Waals surface area contributed by atoms with Crippen LogP contribution in [0.3, 0.4) is 0 Å². The number of nitrogens with two attached hydrogens (primary N) is 1. The number of aromatic nitrogens is 1. The number of hydrogen-bond donors (Lipinski definition) is 2. The third kappa shape index (κ3) is 3.57. The first-order valence-corrected chi connectivity index (χ1v) is 6.30. The molecule has 5 heteroatoms. The molecular weight excluding hydrogens is 230 g/mol. The predicted octanol–water partition coefficient (Wildman–Crippen LogP) is 1.84. The molecule has 5 nitrogen and oxygen atoms in total. The van der Waals surface area contributed by atoms with E-state index in [9.17, 15) is 4.79 Å². The lowest BCUT2D eigenvalue weighted by Crippen LogP contribution is -2.36. The third-order valence-corrected chi connectivity index (χ3v) is 3.18. The highest BCUT2D eigenvalue weighted by Gasteiger charge is 2.20. The summed E-state index contributed by atoms with van der Waals surface area (Å²) < 4.78 is 5.09. The van der Waals surface area contributed by atoms with Gasteiger partial charge in [-0.25, -0.2) is 0 Å². The van der Waals surface area contributed by atoms with Gasteiger partial charge in [-0.2, -0.15) is 0 Å². The van der Waals surface area contributed by atoms with Crippen molar-refractivity contribution in [2.75, 3.05) is 0 Å². The van der Waals surface area contributed by atoms with Crippen LogP contribution in [0.5, 0.6) is 0 Å². The van der Waals surface area contributed by atoms with Crippen LogP contribution < -0.4 is 11.1 Å². The Morgan fingerprint density at radius 1 is 1.39 bits per heavy atom. The van der Waals surface area contributed by atoms with Crippen molar-refractivity contribution in [1.29, 1.82) is 0 Å². The molecule has 1 amide bonds. The van der Waals surface area contributed by atoms with Crippen molar-refractivity contribution in [3.8, 4) is 0 Å². The maximum absolute atomic E-state index is 11.8. The van der Waals surface area contributed by atoms with Gasteiger partial charge in [-0.3, -0.25) is 4.79 Å². The summed E-state index contributed by atoms with van der Waals surface area (Å²) in [6.07, 6.45) is 0.339. The molecule has 2 atom stereocenters. The normalized spacial score (nSPS) is 14.6. The molecular formula is C13H23N3O2. The number of aryl methyl sites for hydroxylation is 2. The Morgan fingerprint density at radius 3 is 2.44 bits per heavy atom. The molecule has 1 rings (SSSR count). The summed E-state index contributed by atoms with van der Waals surface area (Å²) in [6, 6.07) is -0.218. The van der Waals surface area contributed by atoms with Gasteiger partial charge in [-0.05, 0) is 26.7 Å². The molecule has 1 heterocycles. The molecule has 3 N–H and O–H groups in total. The number of nitrogens with zero attached hydrogens (tertiary/aromatic N) is 1. The Balaban J connectivity index is 2.60. The summed E-state index contributed by atoms with van der Waals surface area (Å²) in [5, 5.41) is 6.81. The van der Waals surface area contributed by atoms with Gasteiger partial charge in [0, 0.05) is 18.0 Å². The maximum Gasteiger partial charge on any atom is 0.222 e. The van der Waals surface area contributed by atoms with Crippen LogP contribution in [0, 0.1) is 19.8 Å². The molecule has 0 aromatic carbocycles. The molecule has 0 bridgehead atoms. The Morgan fingerprint density at radius 2 is 2.00 bits per heavy atom. The molecule has 0 saturated carbocycles. The predicted molar refractivity (Wildman–Crippen MR) is 70.0 cm³/mol. The number of carbonyl (C=O) groups excluding carboxylic acids is 1. The minimum absolute atomic E-state index is 0.0382. The van der Waals surface area contributed by atoms with Gasteiger partial charge >= 0.3 is 0 Å². The maximum atomic E-state index is 11.8. The standard InChI is InChI=1S/C13H23N3O2/c1-7(2)11(14)6-12(17)15-8(3)13-9(4)16-18-10(13)5/h7-8,11H,6,14H2,1-5H3,(H,15,17). The van der Waals surface area contributed by atoms with E-state index in [1.165, 1.54) is 0 Å². The van der Waals surface area contributed by atoms with Crippen LogP contribution in [-0.2, 0) is 4.79 Å². The molecule has 1 aromatic heterocycles. The number of carbonyl (C=O) groups is 1. The molecule has 18 heavy (non-hydrogen) atoms. The smallest absolute Gasteiger partial charge is 0.222 e. The van der Waals surface area contributed by atoms with Gasteiger partial charge in [0.1, 0.15) is 5.76 Å². The van der Waals surface area contributed by atoms with E-state index in [1.54, 1.807) is 0 Å². The fourth-order valence-electron chi connectivity index (χ4n) is 1.93. The van der Waals surface area contributed by atoms with Gasteiger partial charge in [0.05, 0.1) is 11.7 Å². The zero-order valence-corrected chi connectivity index (χ0v) is 11.8. The Labute approximate surface area is 108 Å². The van der Waals surface area contributed by atoms with Crippen LogP contribution in [-0.4, -0.2) is 17.1 Å². The molecule has 0 aliphatic carbocycles. The highest BCUT2D eigenvalue weighted by molar-refractivity contribution is 5.77.